The van der Waals surface area contributed by atoms with Crippen molar-refractivity contribution in [3.63, 3.8) is 0 Å². The van der Waals surface area contributed by atoms with Gasteiger partial charge in [0.15, 0.2) is 0 Å². The summed E-state index contributed by atoms with van der Waals surface area (Å²) in [6.07, 6.45) is 1.27. The lowest BCUT2D eigenvalue weighted by Gasteiger charge is -2.48. The fraction of sp³-hybridized carbons (Fsp3) is 0.319. The van der Waals surface area contributed by atoms with E-state index in [0.717, 1.165) is 27.8 Å². The van der Waals surface area contributed by atoms with E-state index in [1.54, 1.807) is 0 Å². The number of likely N-dealkylation sites (tertiary alicyclic amines) is 1. The van der Waals surface area contributed by atoms with E-state index in [1.807, 2.05) is 127 Å². The van der Waals surface area contributed by atoms with Crippen molar-refractivity contribution < 1.29 is 32.5 Å². The first-order chi connectivity index (χ1) is 27.1. The summed E-state index contributed by atoms with van der Waals surface area (Å²) in [5, 5.41) is 0. The third-order valence-corrected chi connectivity index (χ3v) is 10.4. The molecule has 0 radical (unpaired) electrons. The van der Waals surface area contributed by atoms with Gasteiger partial charge in [-0.1, -0.05) is 127 Å². The summed E-state index contributed by atoms with van der Waals surface area (Å²) in [6.45, 7) is 3.58. The smallest absolute Gasteiger partial charge is 0.129 e. The van der Waals surface area contributed by atoms with Crippen molar-refractivity contribution >= 4 is 5.57 Å². The van der Waals surface area contributed by atoms with Crippen LogP contribution in [-0.4, -0.2) is 62.2 Å². The third kappa shape index (κ3) is 10.8. The number of ether oxygens (including phenoxy) is 5. The molecular weight excluding hydrogens is 697 g/mol. The molecule has 8 heteroatoms. The van der Waals surface area contributed by atoms with Gasteiger partial charge in [-0.15, -0.1) is 0 Å². The molecule has 1 fully saturated rings. The molecule has 0 aromatic heterocycles. The van der Waals surface area contributed by atoms with E-state index in [-0.39, 0.29) is 18.0 Å². The van der Waals surface area contributed by atoms with Crippen LogP contribution in [0.1, 0.15) is 39.8 Å². The minimum atomic E-state index is -0.547. The number of hydrogen-bond donors (Lipinski definition) is 0. The zero-order valence-corrected chi connectivity index (χ0v) is 31.1. The van der Waals surface area contributed by atoms with Gasteiger partial charge in [-0.05, 0) is 58.4 Å². The monoisotopic (exact) mass is 745 g/mol. The van der Waals surface area contributed by atoms with Crippen LogP contribution in [0, 0.1) is 11.6 Å². The number of piperidine rings is 1. The molecule has 286 valence electrons. The maximum atomic E-state index is 15.8. The normalized spacial score (nSPS) is 20.3. The predicted octanol–water partition coefficient (Wildman–Crippen LogP) is 8.97. The quantitative estimate of drug-likeness (QED) is 0.0948. The van der Waals surface area contributed by atoms with Crippen LogP contribution in [0.15, 0.2) is 140 Å². The molecule has 0 aliphatic carbocycles. The van der Waals surface area contributed by atoms with E-state index in [2.05, 4.69) is 4.90 Å². The Morgan fingerprint density at radius 3 is 1.65 bits per heavy atom. The number of halogens is 2. The largest absolute Gasteiger partial charge is 0.377 e. The lowest BCUT2D eigenvalue weighted by atomic mass is 9.92. The standard InChI is InChI=1S/C47H49F2NO5/c48-42-27-40(39-22-25-51-26-23-39)28-43(49)41(42)21-24-50-29-45(53-31-36-15-7-2-8-16-36)47(55-33-38-19-11-4-12-20-38)46(54-32-37-17-9-3-10-18-37)44(50)34-52-30-35-13-5-1-6-14-35/h1-20,22,27-28,44-47H,21,23-26,29-34H2/t44-,45-,46+,47+/m0/s1. The summed E-state index contributed by atoms with van der Waals surface area (Å²) in [7, 11) is 0. The number of hydrogen-bond acceptors (Lipinski definition) is 6. The highest BCUT2D eigenvalue weighted by Gasteiger charge is 2.46. The Hall–Kier alpha value is -4.54. The van der Waals surface area contributed by atoms with Crippen LogP contribution in [0.2, 0.25) is 0 Å². The summed E-state index contributed by atoms with van der Waals surface area (Å²) < 4.78 is 63.9. The predicted molar refractivity (Wildman–Crippen MR) is 210 cm³/mol. The van der Waals surface area contributed by atoms with Crippen LogP contribution in [0.4, 0.5) is 8.78 Å². The fourth-order valence-electron chi connectivity index (χ4n) is 7.38. The van der Waals surface area contributed by atoms with Crippen molar-refractivity contribution in [1.29, 1.82) is 0 Å². The maximum absolute atomic E-state index is 15.8. The SMILES string of the molecule is Fc1cc(C2=CCOCC2)cc(F)c1CCN1C[C@H](OCc2ccccc2)[C@@H](OCc2ccccc2)[C@H](OCc2ccccc2)[C@@H]1COCc1ccccc1. The lowest BCUT2D eigenvalue weighted by Crippen LogP contribution is -2.64. The Kier molecular flexibility index (Phi) is 14.0. The van der Waals surface area contributed by atoms with Gasteiger partial charge >= 0.3 is 0 Å². The van der Waals surface area contributed by atoms with Gasteiger partial charge in [-0.25, -0.2) is 8.78 Å². The molecule has 0 unspecified atom stereocenters. The number of nitrogens with zero attached hydrogens (tertiary/aromatic N) is 1. The summed E-state index contributed by atoms with van der Waals surface area (Å²) >= 11 is 0. The Bertz CT molecular complexity index is 1910. The van der Waals surface area contributed by atoms with Gasteiger partial charge in [0.2, 0.25) is 0 Å². The lowest BCUT2D eigenvalue weighted by molar-refractivity contribution is -0.210. The molecule has 4 atom stereocenters. The highest BCUT2D eigenvalue weighted by atomic mass is 19.1. The minimum absolute atomic E-state index is 0.0614. The molecule has 2 aliphatic heterocycles. The van der Waals surface area contributed by atoms with Gasteiger partial charge in [0.1, 0.15) is 23.8 Å². The van der Waals surface area contributed by atoms with E-state index in [1.165, 1.54) is 12.1 Å². The molecule has 2 aliphatic rings. The van der Waals surface area contributed by atoms with Crippen molar-refractivity contribution in [2.24, 2.45) is 0 Å². The van der Waals surface area contributed by atoms with Crippen LogP contribution in [0.3, 0.4) is 0 Å². The second-order valence-corrected chi connectivity index (χ2v) is 14.1. The average molecular weight is 746 g/mol. The van der Waals surface area contributed by atoms with Crippen molar-refractivity contribution in [3.05, 3.63) is 185 Å². The summed E-state index contributed by atoms with van der Waals surface area (Å²) in [4.78, 5) is 2.21. The maximum Gasteiger partial charge on any atom is 0.129 e. The molecule has 0 spiro atoms. The zero-order valence-electron chi connectivity index (χ0n) is 31.1. The average Bonchev–Trinajstić information content (AvgIpc) is 3.23. The number of benzene rings is 5. The second kappa shape index (κ2) is 19.9. The molecule has 6 nitrogen and oxygen atoms in total. The van der Waals surface area contributed by atoms with Crippen LogP contribution in [0.5, 0.6) is 0 Å². The third-order valence-electron chi connectivity index (χ3n) is 10.4. The van der Waals surface area contributed by atoms with Crippen LogP contribution in [-0.2, 0) is 56.5 Å². The first kappa shape index (κ1) is 38.7. The van der Waals surface area contributed by atoms with E-state index in [9.17, 15) is 0 Å². The van der Waals surface area contributed by atoms with E-state index < -0.39 is 29.9 Å². The Balaban J connectivity index is 1.19. The van der Waals surface area contributed by atoms with Gasteiger partial charge in [0.25, 0.3) is 0 Å². The van der Waals surface area contributed by atoms with E-state index in [4.69, 9.17) is 23.7 Å². The molecule has 5 aromatic carbocycles. The van der Waals surface area contributed by atoms with E-state index in [0.29, 0.717) is 71.3 Å². The van der Waals surface area contributed by atoms with Crippen molar-refractivity contribution in [2.45, 2.75) is 63.6 Å². The molecule has 5 aromatic rings. The first-order valence-corrected chi connectivity index (χ1v) is 19.2. The highest BCUT2D eigenvalue weighted by molar-refractivity contribution is 5.66. The van der Waals surface area contributed by atoms with Gasteiger partial charge in [-0.2, -0.15) is 0 Å². The zero-order chi connectivity index (χ0) is 37.7. The summed E-state index contributed by atoms with van der Waals surface area (Å²) in [5.41, 5.74) is 5.68. The summed E-state index contributed by atoms with van der Waals surface area (Å²) in [6, 6.07) is 42.8. The Morgan fingerprint density at radius 2 is 1.13 bits per heavy atom. The Morgan fingerprint density at radius 1 is 0.618 bits per heavy atom. The van der Waals surface area contributed by atoms with Crippen molar-refractivity contribution in [3.8, 4) is 0 Å². The van der Waals surface area contributed by atoms with Gasteiger partial charge in [-0.3, -0.25) is 4.90 Å². The van der Waals surface area contributed by atoms with Crippen LogP contribution < -0.4 is 0 Å². The topological polar surface area (TPSA) is 49.4 Å². The molecule has 0 amide bonds. The molecule has 0 bridgehead atoms. The van der Waals surface area contributed by atoms with Crippen molar-refractivity contribution in [1.82, 2.24) is 4.90 Å². The molecule has 0 saturated carbocycles. The van der Waals surface area contributed by atoms with Gasteiger partial charge in [0.05, 0.1) is 58.4 Å². The summed E-state index contributed by atoms with van der Waals surface area (Å²) in [5.74, 6) is -1.09. The molecule has 2 heterocycles. The molecule has 7 rings (SSSR count). The second-order valence-electron chi connectivity index (χ2n) is 14.1. The molecule has 1 saturated heterocycles. The minimum Gasteiger partial charge on any atom is -0.377 e. The van der Waals surface area contributed by atoms with Gasteiger partial charge < -0.3 is 23.7 Å². The molecular formula is C47H49F2NO5. The highest BCUT2D eigenvalue weighted by Crippen LogP contribution is 2.31. The fourth-order valence-corrected chi connectivity index (χ4v) is 7.38. The van der Waals surface area contributed by atoms with E-state index >= 15 is 8.78 Å². The van der Waals surface area contributed by atoms with Crippen LogP contribution >= 0.6 is 0 Å². The van der Waals surface area contributed by atoms with Crippen LogP contribution in [0.25, 0.3) is 5.57 Å². The Labute approximate surface area is 323 Å². The first-order valence-electron chi connectivity index (χ1n) is 19.2. The molecule has 55 heavy (non-hydrogen) atoms. The van der Waals surface area contributed by atoms with Gasteiger partial charge in [0, 0.05) is 18.7 Å². The van der Waals surface area contributed by atoms with Crippen molar-refractivity contribution in [2.75, 3.05) is 32.9 Å². The number of rotatable bonds is 17. The molecule has 0 N–H and O–H groups in total.